The van der Waals surface area contributed by atoms with Gasteiger partial charge in [0.25, 0.3) is 0 Å². The lowest BCUT2D eigenvalue weighted by molar-refractivity contribution is -0.113. The lowest BCUT2D eigenvalue weighted by Crippen LogP contribution is -2.07. The van der Waals surface area contributed by atoms with E-state index < -0.39 is 0 Å². The van der Waals surface area contributed by atoms with Gasteiger partial charge < -0.3 is 0 Å². The zero-order valence-electron chi connectivity index (χ0n) is 8.05. The van der Waals surface area contributed by atoms with Gasteiger partial charge in [0.15, 0.2) is 5.78 Å². The van der Waals surface area contributed by atoms with Gasteiger partial charge in [0.1, 0.15) is 0 Å². The lowest BCUT2D eigenvalue weighted by atomic mass is 9.87. The highest BCUT2D eigenvalue weighted by Gasteiger charge is 2.13. The van der Waals surface area contributed by atoms with E-state index in [2.05, 4.69) is 19.1 Å². The highest BCUT2D eigenvalue weighted by Crippen LogP contribution is 2.26. The summed E-state index contributed by atoms with van der Waals surface area (Å²) in [6.07, 6.45) is 6.53. The van der Waals surface area contributed by atoms with E-state index in [1.807, 2.05) is 6.92 Å². The van der Waals surface area contributed by atoms with Gasteiger partial charge in [-0.3, -0.25) is 4.79 Å². The zero-order valence-corrected chi connectivity index (χ0v) is 8.05. The molecule has 0 saturated carbocycles. The summed E-state index contributed by atoms with van der Waals surface area (Å²) >= 11 is 0. The Hall–Kier alpha value is -0.850. The molecule has 0 amide bonds. The highest BCUT2D eigenvalue weighted by molar-refractivity contribution is 5.93. The van der Waals surface area contributed by atoms with E-state index in [0.717, 1.165) is 18.4 Å². The van der Waals surface area contributed by atoms with Crippen LogP contribution in [0.4, 0.5) is 0 Å². The van der Waals surface area contributed by atoms with Gasteiger partial charge in [0.2, 0.25) is 0 Å². The highest BCUT2D eigenvalue weighted by atomic mass is 16.1. The van der Waals surface area contributed by atoms with Crippen LogP contribution in [0.1, 0.15) is 33.6 Å². The third-order valence-electron chi connectivity index (χ3n) is 2.56. The summed E-state index contributed by atoms with van der Waals surface area (Å²) in [7, 11) is 0. The van der Waals surface area contributed by atoms with Crippen LogP contribution in [0.25, 0.3) is 0 Å². The van der Waals surface area contributed by atoms with Crippen molar-refractivity contribution in [3.8, 4) is 0 Å². The van der Waals surface area contributed by atoms with Crippen molar-refractivity contribution in [2.45, 2.75) is 33.6 Å². The smallest absolute Gasteiger partial charge is 0.155 e. The van der Waals surface area contributed by atoms with Crippen LogP contribution in [0, 0.1) is 5.92 Å². The molecule has 0 spiro atoms. The summed E-state index contributed by atoms with van der Waals surface area (Å²) in [6, 6.07) is 0. The first-order valence-corrected chi connectivity index (χ1v) is 4.50. The van der Waals surface area contributed by atoms with Gasteiger partial charge in [-0.1, -0.05) is 24.6 Å². The van der Waals surface area contributed by atoms with Crippen molar-refractivity contribution < 1.29 is 4.79 Å². The molecule has 1 rings (SSSR count). The van der Waals surface area contributed by atoms with Gasteiger partial charge in [0.05, 0.1) is 0 Å². The predicted molar refractivity (Wildman–Crippen MR) is 50.9 cm³/mol. The van der Waals surface area contributed by atoms with Crippen molar-refractivity contribution in [1.29, 1.82) is 0 Å². The van der Waals surface area contributed by atoms with E-state index >= 15 is 0 Å². The van der Waals surface area contributed by atoms with Crippen molar-refractivity contribution in [2.24, 2.45) is 5.92 Å². The molecule has 1 aliphatic rings. The average Bonchev–Trinajstić information content (AvgIpc) is 2.04. The van der Waals surface area contributed by atoms with E-state index in [1.165, 1.54) is 5.57 Å². The summed E-state index contributed by atoms with van der Waals surface area (Å²) in [5.41, 5.74) is 2.29. The molecule has 1 heteroatoms. The van der Waals surface area contributed by atoms with Crippen LogP contribution >= 0.6 is 0 Å². The number of ketones is 1. The molecule has 12 heavy (non-hydrogen) atoms. The second kappa shape index (κ2) is 3.70. The van der Waals surface area contributed by atoms with E-state index in [0.29, 0.717) is 5.92 Å². The molecule has 0 saturated heterocycles. The lowest BCUT2D eigenvalue weighted by Gasteiger charge is -2.18. The number of rotatable bonds is 1. The van der Waals surface area contributed by atoms with E-state index in [4.69, 9.17) is 0 Å². The Morgan fingerprint density at radius 3 is 2.67 bits per heavy atom. The fourth-order valence-electron chi connectivity index (χ4n) is 1.64. The van der Waals surface area contributed by atoms with Crippen molar-refractivity contribution in [1.82, 2.24) is 0 Å². The minimum atomic E-state index is 0.215. The molecule has 1 aliphatic carbocycles. The quantitative estimate of drug-likeness (QED) is 0.430. The van der Waals surface area contributed by atoms with Crippen LogP contribution in [0.15, 0.2) is 23.3 Å². The molecular weight excluding hydrogens is 148 g/mol. The SMILES string of the molecule is CC(=O)C(C)=C1CCC=CC1C. The van der Waals surface area contributed by atoms with Crippen molar-refractivity contribution in [2.75, 3.05) is 0 Å². The van der Waals surface area contributed by atoms with E-state index in [-0.39, 0.29) is 5.78 Å². The molecule has 0 radical (unpaired) electrons. The van der Waals surface area contributed by atoms with Gasteiger partial charge >= 0.3 is 0 Å². The maximum atomic E-state index is 11.1. The first-order chi connectivity index (χ1) is 5.63. The summed E-state index contributed by atoms with van der Waals surface area (Å²) in [5.74, 6) is 0.676. The Kier molecular flexibility index (Phi) is 2.85. The topological polar surface area (TPSA) is 17.1 Å². The number of hydrogen-bond donors (Lipinski definition) is 0. The van der Waals surface area contributed by atoms with Crippen LogP contribution in [0.5, 0.6) is 0 Å². The molecule has 1 atom stereocenters. The summed E-state index contributed by atoms with van der Waals surface area (Å²) in [5, 5.41) is 0. The molecule has 0 fully saturated rings. The molecule has 1 nitrogen and oxygen atoms in total. The Labute approximate surface area is 74.2 Å². The van der Waals surface area contributed by atoms with Gasteiger partial charge in [-0.15, -0.1) is 0 Å². The van der Waals surface area contributed by atoms with Crippen LogP contribution in [0.2, 0.25) is 0 Å². The first-order valence-electron chi connectivity index (χ1n) is 4.50. The van der Waals surface area contributed by atoms with E-state index in [9.17, 15) is 4.79 Å². The Morgan fingerprint density at radius 1 is 1.50 bits per heavy atom. The summed E-state index contributed by atoms with van der Waals surface area (Å²) in [4.78, 5) is 11.1. The largest absolute Gasteiger partial charge is 0.295 e. The number of carbonyl (C=O) groups excluding carboxylic acids is 1. The fourth-order valence-corrected chi connectivity index (χ4v) is 1.64. The van der Waals surface area contributed by atoms with Gasteiger partial charge in [-0.25, -0.2) is 0 Å². The van der Waals surface area contributed by atoms with Crippen molar-refractivity contribution >= 4 is 5.78 Å². The average molecular weight is 164 g/mol. The van der Waals surface area contributed by atoms with Gasteiger partial charge in [-0.05, 0) is 38.2 Å². The monoisotopic (exact) mass is 164 g/mol. The molecule has 1 unspecified atom stereocenters. The molecule has 0 N–H and O–H groups in total. The molecule has 0 bridgehead atoms. The van der Waals surface area contributed by atoms with Crippen molar-refractivity contribution in [3.05, 3.63) is 23.3 Å². The molecule has 66 valence electrons. The molecule has 0 aromatic heterocycles. The maximum Gasteiger partial charge on any atom is 0.155 e. The third-order valence-corrected chi connectivity index (χ3v) is 2.56. The molecular formula is C11H16O. The summed E-state index contributed by atoms with van der Waals surface area (Å²) < 4.78 is 0. The minimum absolute atomic E-state index is 0.215. The Morgan fingerprint density at radius 2 is 2.17 bits per heavy atom. The Balaban J connectivity index is 2.93. The molecule has 0 aromatic carbocycles. The second-order valence-corrected chi connectivity index (χ2v) is 3.46. The van der Waals surface area contributed by atoms with Gasteiger partial charge in [0, 0.05) is 0 Å². The molecule has 0 aliphatic heterocycles. The van der Waals surface area contributed by atoms with Crippen LogP contribution < -0.4 is 0 Å². The standard InChI is InChI=1S/C11H16O/c1-8-6-4-5-7-11(8)9(2)10(3)12/h4,6,8H,5,7H2,1-3H3. The summed E-state index contributed by atoms with van der Waals surface area (Å²) in [6.45, 7) is 5.73. The fraction of sp³-hybridized carbons (Fsp3) is 0.545. The number of carbonyl (C=O) groups is 1. The maximum absolute atomic E-state index is 11.1. The van der Waals surface area contributed by atoms with Gasteiger partial charge in [-0.2, -0.15) is 0 Å². The Bertz CT molecular complexity index is 246. The number of allylic oxidation sites excluding steroid dienone is 4. The van der Waals surface area contributed by atoms with E-state index in [1.54, 1.807) is 6.92 Å². The van der Waals surface area contributed by atoms with Crippen LogP contribution in [-0.2, 0) is 4.79 Å². The normalized spacial score (nSPS) is 27.1. The molecule has 0 aromatic rings. The predicted octanol–water partition coefficient (Wildman–Crippen LogP) is 2.88. The number of hydrogen-bond acceptors (Lipinski definition) is 1. The zero-order chi connectivity index (χ0) is 9.14. The first kappa shape index (κ1) is 9.24. The van der Waals surface area contributed by atoms with Crippen molar-refractivity contribution in [3.63, 3.8) is 0 Å². The van der Waals surface area contributed by atoms with Crippen LogP contribution in [-0.4, -0.2) is 5.78 Å². The third kappa shape index (κ3) is 1.84. The van der Waals surface area contributed by atoms with Crippen LogP contribution in [0.3, 0.4) is 0 Å². The second-order valence-electron chi connectivity index (χ2n) is 3.46. The minimum Gasteiger partial charge on any atom is -0.295 e. The molecule has 0 heterocycles. The number of Topliss-reactive ketones (excluding diaryl/α,β-unsaturated/α-hetero) is 1.